The van der Waals surface area contributed by atoms with Crippen LogP contribution in [0.5, 0.6) is 5.75 Å². The zero-order valence-electron chi connectivity index (χ0n) is 17.0. The van der Waals surface area contributed by atoms with E-state index in [1.807, 2.05) is 36.4 Å². The number of fused-ring (bicyclic) bond motifs is 1. The highest BCUT2D eigenvalue weighted by Gasteiger charge is 2.35. The summed E-state index contributed by atoms with van der Waals surface area (Å²) in [5, 5.41) is 3.81. The molecule has 2 aromatic carbocycles. The molecule has 1 fully saturated rings. The van der Waals surface area contributed by atoms with Gasteiger partial charge in [0.05, 0.1) is 12.3 Å². The van der Waals surface area contributed by atoms with Gasteiger partial charge in [-0.05, 0) is 54.2 Å². The van der Waals surface area contributed by atoms with Crippen LogP contribution in [0.1, 0.15) is 49.7 Å². The summed E-state index contributed by atoms with van der Waals surface area (Å²) in [6.07, 6.45) is 3.56. The number of benzene rings is 2. The fourth-order valence-electron chi connectivity index (χ4n) is 4.11. The minimum absolute atomic E-state index is 0.0228. The molecule has 0 radical (unpaired) electrons. The number of carbonyl (C=O) groups excluding carboxylic acids is 1. The maximum absolute atomic E-state index is 13.3. The molecule has 2 N–H and O–H groups in total. The fraction of sp³-hybridized carbons (Fsp3) is 0.375. The van der Waals surface area contributed by atoms with E-state index < -0.39 is 5.92 Å². The van der Waals surface area contributed by atoms with Gasteiger partial charge in [0.2, 0.25) is 11.8 Å². The van der Waals surface area contributed by atoms with Gasteiger partial charge in [0, 0.05) is 43.3 Å². The van der Waals surface area contributed by atoms with Crippen LogP contribution < -0.4 is 10.1 Å². The van der Waals surface area contributed by atoms with Crippen molar-refractivity contribution in [3.63, 3.8) is 0 Å². The van der Waals surface area contributed by atoms with Crippen molar-refractivity contribution in [3.05, 3.63) is 59.8 Å². The van der Waals surface area contributed by atoms with Crippen LogP contribution in [-0.4, -0.2) is 23.4 Å². The van der Waals surface area contributed by atoms with Crippen molar-refractivity contribution in [1.29, 1.82) is 0 Å². The van der Waals surface area contributed by atoms with Gasteiger partial charge in [-0.25, -0.2) is 8.78 Å². The Morgan fingerprint density at radius 1 is 1.17 bits per heavy atom. The van der Waals surface area contributed by atoms with E-state index in [-0.39, 0.29) is 24.7 Å². The topological polar surface area (TPSA) is 54.1 Å². The summed E-state index contributed by atoms with van der Waals surface area (Å²) in [4.78, 5) is 14.5. The zero-order chi connectivity index (χ0) is 21.1. The van der Waals surface area contributed by atoms with Gasteiger partial charge in [-0.3, -0.25) is 4.79 Å². The molecular weight excluding hydrogens is 386 g/mol. The van der Waals surface area contributed by atoms with E-state index in [0.29, 0.717) is 19.4 Å². The summed E-state index contributed by atoms with van der Waals surface area (Å²) in [5.74, 6) is -1.60. The number of aromatic amines is 1. The number of anilines is 1. The molecule has 0 atom stereocenters. The van der Waals surface area contributed by atoms with Crippen LogP contribution in [-0.2, 0) is 11.2 Å². The lowest BCUT2D eigenvalue weighted by molar-refractivity contribution is -0.114. The van der Waals surface area contributed by atoms with Crippen LogP contribution in [0.2, 0.25) is 0 Å². The Morgan fingerprint density at radius 2 is 1.90 bits per heavy atom. The quantitative estimate of drug-likeness (QED) is 0.519. The van der Waals surface area contributed by atoms with Gasteiger partial charge >= 0.3 is 0 Å². The van der Waals surface area contributed by atoms with E-state index in [1.165, 1.54) is 6.92 Å². The number of H-pyrrole nitrogens is 1. The smallest absolute Gasteiger partial charge is 0.248 e. The Hall–Kier alpha value is -2.89. The van der Waals surface area contributed by atoms with E-state index in [2.05, 4.69) is 16.4 Å². The number of rotatable bonds is 6. The Kier molecular flexibility index (Phi) is 5.75. The van der Waals surface area contributed by atoms with Crippen molar-refractivity contribution in [1.82, 2.24) is 4.98 Å². The van der Waals surface area contributed by atoms with Crippen molar-refractivity contribution in [2.75, 3.05) is 11.9 Å². The first-order chi connectivity index (χ1) is 14.4. The molecule has 4 rings (SSSR count). The van der Waals surface area contributed by atoms with Crippen molar-refractivity contribution in [2.45, 2.75) is 50.9 Å². The van der Waals surface area contributed by atoms with Crippen LogP contribution in [0, 0.1) is 0 Å². The summed E-state index contributed by atoms with van der Waals surface area (Å²) in [7, 11) is 0. The van der Waals surface area contributed by atoms with Crippen LogP contribution in [0.4, 0.5) is 14.5 Å². The maximum Gasteiger partial charge on any atom is 0.248 e. The predicted octanol–water partition coefficient (Wildman–Crippen LogP) is 6.04. The minimum atomic E-state index is -2.49. The van der Waals surface area contributed by atoms with Crippen molar-refractivity contribution in [2.24, 2.45) is 0 Å². The minimum Gasteiger partial charge on any atom is -0.493 e. The number of ether oxygens (including phenoxy) is 1. The van der Waals surface area contributed by atoms with Gasteiger partial charge < -0.3 is 15.0 Å². The summed E-state index contributed by atoms with van der Waals surface area (Å²) in [6.45, 7) is 2.02. The molecule has 1 aliphatic rings. The third-order valence-corrected chi connectivity index (χ3v) is 5.78. The van der Waals surface area contributed by atoms with E-state index in [4.69, 9.17) is 4.74 Å². The molecule has 0 bridgehead atoms. The van der Waals surface area contributed by atoms with Crippen LogP contribution in [0.15, 0.2) is 48.7 Å². The number of carbonyl (C=O) groups is 1. The normalized spacial score (nSPS) is 16.5. The first-order valence-corrected chi connectivity index (χ1v) is 10.4. The second-order valence-corrected chi connectivity index (χ2v) is 8.06. The van der Waals surface area contributed by atoms with Gasteiger partial charge in [0.1, 0.15) is 5.75 Å². The highest BCUT2D eigenvalue weighted by molar-refractivity contribution is 6.01. The molecule has 0 aliphatic heterocycles. The third-order valence-electron chi connectivity index (χ3n) is 5.78. The Labute approximate surface area is 174 Å². The highest BCUT2D eigenvalue weighted by Crippen LogP contribution is 2.41. The van der Waals surface area contributed by atoms with Crippen LogP contribution in [0.3, 0.4) is 0 Å². The molecule has 1 heterocycles. The number of hydrogen-bond acceptors (Lipinski definition) is 2. The molecule has 0 saturated heterocycles. The molecule has 1 saturated carbocycles. The molecule has 4 nitrogen and oxygen atoms in total. The molecule has 1 aliphatic carbocycles. The highest BCUT2D eigenvalue weighted by atomic mass is 19.3. The average molecular weight is 412 g/mol. The fourth-order valence-corrected chi connectivity index (χ4v) is 4.11. The first kappa shape index (κ1) is 20.4. The second kappa shape index (κ2) is 8.46. The molecule has 0 spiro atoms. The summed E-state index contributed by atoms with van der Waals surface area (Å²) in [6, 6.07) is 13.9. The number of hydrogen-bond donors (Lipinski definition) is 2. The van der Waals surface area contributed by atoms with E-state index in [0.717, 1.165) is 39.9 Å². The summed E-state index contributed by atoms with van der Waals surface area (Å²) < 4.78 is 32.6. The largest absolute Gasteiger partial charge is 0.493 e. The number of halogens is 2. The Morgan fingerprint density at radius 3 is 2.60 bits per heavy atom. The van der Waals surface area contributed by atoms with Crippen molar-refractivity contribution < 1.29 is 18.3 Å². The monoisotopic (exact) mass is 412 g/mol. The van der Waals surface area contributed by atoms with Crippen LogP contribution in [0.25, 0.3) is 10.9 Å². The number of alkyl halides is 2. The van der Waals surface area contributed by atoms with E-state index >= 15 is 0 Å². The van der Waals surface area contributed by atoms with E-state index in [1.54, 1.807) is 6.20 Å². The molecular formula is C24H26F2N2O2. The number of aromatic nitrogens is 1. The zero-order valence-corrected chi connectivity index (χ0v) is 17.0. The van der Waals surface area contributed by atoms with Crippen LogP contribution >= 0.6 is 0 Å². The number of nitrogens with one attached hydrogen (secondary N) is 2. The van der Waals surface area contributed by atoms with Crippen molar-refractivity contribution >= 4 is 22.5 Å². The maximum atomic E-state index is 13.3. The van der Waals surface area contributed by atoms with Crippen molar-refractivity contribution in [3.8, 4) is 5.75 Å². The first-order valence-electron chi connectivity index (χ1n) is 10.4. The molecule has 6 heteroatoms. The van der Waals surface area contributed by atoms with Gasteiger partial charge in [-0.2, -0.15) is 0 Å². The average Bonchev–Trinajstić information content (AvgIpc) is 3.10. The molecule has 30 heavy (non-hydrogen) atoms. The van der Waals surface area contributed by atoms with Gasteiger partial charge in [0.15, 0.2) is 0 Å². The van der Waals surface area contributed by atoms with Gasteiger partial charge in [-0.15, -0.1) is 0 Å². The Bertz CT molecular complexity index is 1020. The molecule has 1 amide bonds. The lowest BCUT2D eigenvalue weighted by atomic mass is 9.82. The Balaban J connectivity index is 1.32. The molecule has 3 aromatic rings. The SMILES string of the molecule is CC(=O)Nc1c[nH]c2ccc(CCOc3ccc(C4CCC(F)(F)CC4)cc3)cc12. The summed E-state index contributed by atoms with van der Waals surface area (Å²) >= 11 is 0. The predicted molar refractivity (Wildman–Crippen MR) is 114 cm³/mol. The standard InChI is InChI=1S/C24H26F2N2O2/c1-16(29)28-23-15-27-22-7-2-17(14-21(22)23)10-13-30-20-5-3-18(4-6-20)19-8-11-24(25,26)12-9-19/h2-7,14-15,19,27H,8-13H2,1H3,(H,28,29). The third kappa shape index (κ3) is 4.81. The molecule has 1 aromatic heterocycles. The van der Waals surface area contributed by atoms with E-state index in [9.17, 15) is 13.6 Å². The van der Waals surface area contributed by atoms with Gasteiger partial charge in [0.25, 0.3) is 0 Å². The van der Waals surface area contributed by atoms with Gasteiger partial charge in [-0.1, -0.05) is 18.2 Å². The second-order valence-electron chi connectivity index (χ2n) is 8.06. The molecule has 158 valence electrons. The lowest BCUT2D eigenvalue weighted by Gasteiger charge is -2.28. The number of amides is 1. The molecule has 0 unspecified atom stereocenters. The summed E-state index contributed by atoms with van der Waals surface area (Å²) in [5.41, 5.74) is 3.98. The lowest BCUT2D eigenvalue weighted by Crippen LogP contribution is -2.23.